The normalized spacial score (nSPS) is 10.2. The van der Waals surface area contributed by atoms with Gasteiger partial charge in [0.2, 0.25) is 0 Å². The fourth-order valence-corrected chi connectivity index (χ4v) is 2.00. The number of anilines is 2. The Labute approximate surface area is 105 Å². The molecule has 2 N–H and O–H groups in total. The zero-order valence-corrected chi connectivity index (χ0v) is 10.2. The Morgan fingerprint density at radius 1 is 1.29 bits per heavy atom. The molecule has 2 heterocycles. The van der Waals surface area contributed by atoms with E-state index in [9.17, 15) is 0 Å². The summed E-state index contributed by atoms with van der Waals surface area (Å²) in [6.07, 6.45) is 6.76. The standard InChI is InChI=1S/C12H13ClN4/c1-17(8-9-3-2-4-15-5-9)12-10(13)6-16-7-11(12)14/h2-7H,8,14H2,1H3. The van der Waals surface area contributed by atoms with E-state index in [1.165, 1.54) is 0 Å². The van der Waals surface area contributed by atoms with Gasteiger partial charge in [-0.05, 0) is 11.6 Å². The Morgan fingerprint density at radius 3 is 2.76 bits per heavy atom. The van der Waals surface area contributed by atoms with Crippen molar-refractivity contribution in [1.29, 1.82) is 0 Å². The van der Waals surface area contributed by atoms with E-state index >= 15 is 0 Å². The van der Waals surface area contributed by atoms with Gasteiger partial charge in [0.25, 0.3) is 0 Å². The highest BCUT2D eigenvalue weighted by atomic mass is 35.5. The van der Waals surface area contributed by atoms with E-state index in [-0.39, 0.29) is 0 Å². The van der Waals surface area contributed by atoms with Crippen LogP contribution >= 0.6 is 11.6 Å². The van der Waals surface area contributed by atoms with Gasteiger partial charge in [-0.25, -0.2) is 0 Å². The maximum absolute atomic E-state index is 6.09. The van der Waals surface area contributed by atoms with E-state index < -0.39 is 0 Å². The van der Waals surface area contributed by atoms with Crippen LogP contribution in [0.15, 0.2) is 36.9 Å². The van der Waals surface area contributed by atoms with Crippen molar-refractivity contribution in [2.24, 2.45) is 0 Å². The maximum atomic E-state index is 6.09. The number of nitrogen functional groups attached to an aromatic ring is 1. The molecule has 0 fully saturated rings. The van der Waals surface area contributed by atoms with Crippen LogP contribution < -0.4 is 10.6 Å². The van der Waals surface area contributed by atoms with E-state index in [4.69, 9.17) is 17.3 Å². The third kappa shape index (κ3) is 2.65. The lowest BCUT2D eigenvalue weighted by atomic mass is 10.2. The summed E-state index contributed by atoms with van der Waals surface area (Å²) < 4.78 is 0. The van der Waals surface area contributed by atoms with E-state index in [2.05, 4.69) is 9.97 Å². The zero-order chi connectivity index (χ0) is 12.3. The lowest BCUT2D eigenvalue weighted by Gasteiger charge is -2.21. The third-order valence-corrected chi connectivity index (χ3v) is 2.70. The zero-order valence-electron chi connectivity index (χ0n) is 9.47. The molecule has 2 aromatic rings. The predicted octanol–water partition coefficient (Wildman–Crippen LogP) is 2.35. The average molecular weight is 249 g/mol. The minimum absolute atomic E-state index is 0.552. The first kappa shape index (κ1) is 11.7. The minimum Gasteiger partial charge on any atom is -0.396 e. The molecule has 0 aliphatic heterocycles. The quantitative estimate of drug-likeness (QED) is 0.906. The van der Waals surface area contributed by atoms with Crippen LogP contribution in [0.4, 0.5) is 11.4 Å². The number of aromatic nitrogens is 2. The number of halogens is 1. The van der Waals surface area contributed by atoms with Crippen molar-refractivity contribution in [2.45, 2.75) is 6.54 Å². The molecule has 0 saturated heterocycles. The van der Waals surface area contributed by atoms with Crippen LogP contribution in [0.5, 0.6) is 0 Å². The van der Waals surface area contributed by atoms with Crippen LogP contribution in [0.25, 0.3) is 0 Å². The van der Waals surface area contributed by atoms with Gasteiger partial charge >= 0.3 is 0 Å². The van der Waals surface area contributed by atoms with Crippen molar-refractivity contribution >= 4 is 23.0 Å². The predicted molar refractivity (Wildman–Crippen MR) is 70.0 cm³/mol. The number of rotatable bonds is 3. The van der Waals surface area contributed by atoms with Gasteiger partial charge < -0.3 is 10.6 Å². The topological polar surface area (TPSA) is 55.0 Å². The summed E-state index contributed by atoms with van der Waals surface area (Å²) in [7, 11) is 1.94. The van der Waals surface area contributed by atoms with Gasteiger partial charge in [0.05, 0.1) is 22.6 Å². The van der Waals surface area contributed by atoms with Gasteiger partial charge in [0, 0.05) is 32.2 Å². The van der Waals surface area contributed by atoms with Crippen molar-refractivity contribution < 1.29 is 0 Å². The highest BCUT2D eigenvalue weighted by Gasteiger charge is 2.10. The Bertz CT molecular complexity index is 481. The van der Waals surface area contributed by atoms with Gasteiger partial charge in [-0.3, -0.25) is 9.97 Å². The summed E-state index contributed by atoms with van der Waals surface area (Å²) in [5.74, 6) is 0. The van der Waals surface area contributed by atoms with Gasteiger partial charge in [0.15, 0.2) is 0 Å². The average Bonchev–Trinajstić information content (AvgIpc) is 2.30. The fourth-order valence-electron chi connectivity index (χ4n) is 1.69. The second-order valence-corrected chi connectivity index (χ2v) is 4.18. The SMILES string of the molecule is CN(Cc1cccnc1)c1c(N)cncc1Cl. The van der Waals surface area contributed by atoms with Crippen molar-refractivity contribution in [3.8, 4) is 0 Å². The molecule has 2 rings (SSSR count). The molecule has 88 valence electrons. The number of pyridine rings is 2. The molecule has 0 amide bonds. The summed E-state index contributed by atoms with van der Waals surface area (Å²) in [4.78, 5) is 9.99. The monoisotopic (exact) mass is 248 g/mol. The number of nitrogens with zero attached hydrogens (tertiary/aromatic N) is 3. The van der Waals surface area contributed by atoms with Crippen LogP contribution in [-0.2, 0) is 6.54 Å². The fraction of sp³-hybridized carbons (Fsp3) is 0.167. The van der Waals surface area contributed by atoms with Crippen LogP contribution in [0.3, 0.4) is 0 Å². The Kier molecular flexibility index (Phi) is 3.44. The van der Waals surface area contributed by atoms with Gasteiger partial charge in [-0.1, -0.05) is 17.7 Å². The molecular formula is C12H13ClN4. The molecule has 0 saturated carbocycles. The molecule has 0 atom stereocenters. The van der Waals surface area contributed by atoms with Gasteiger partial charge in [-0.15, -0.1) is 0 Å². The number of hydrogen-bond donors (Lipinski definition) is 1. The number of nitrogens with two attached hydrogens (primary N) is 1. The molecule has 0 aromatic carbocycles. The van der Waals surface area contributed by atoms with Gasteiger partial charge in [0.1, 0.15) is 0 Å². The number of hydrogen-bond acceptors (Lipinski definition) is 4. The van der Waals surface area contributed by atoms with E-state index in [0.717, 1.165) is 11.3 Å². The van der Waals surface area contributed by atoms with Crippen LogP contribution in [0.2, 0.25) is 5.02 Å². The highest BCUT2D eigenvalue weighted by molar-refractivity contribution is 6.33. The minimum atomic E-state index is 0.552. The van der Waals surface area contributed by atoms with Crippen LogP contribution in [0, 0.1) is 0 Å². The second kappa shape index (κ2) is 5.01. The smallest absolute Gasteiger partial charge is 0.0843 e. The molecule has 0 aliphatic rings. The van der Waals surface area contributed by atoms with E-state index in [0.29, 0.717) is 17.3 Å². The first-order valence-corrected chi connectivity index (χ1v) is 5.55. The first-order chi connectivity index (χ1) is 8.18. The summed E-state index contributed by atoms with van der Waals surface area (Å²) >= 11 is 6.09. The molecule has 0 spiro atoms. The molecule has 0 radical (unpaired) electrons. The highest BCUT2D eigenvalue weighted by Crippen LogP contribution is 2.30. The first-order valence-electron chi connectivity index (χ1n) is 5.17. The summed E-state index contributed by atoms with van der Waals surface area (Å²) in [5, 5.41) is 0.552. The third-order valence-electron chi connectivity index (χ3n) is 2.43. The summed E-state index contributed by atoms with van der Waals surface area (Å²) in [6, 6.07) is 3.91. The lowest BCUT2D eigenvalue weighted by molar-refractivity contribution is 0.915. The molecule has 5 heteroatoms. The second-order valence-electron chi connectivity index (χ2n) is 3.78. The van der Waals surface area contributed by atoms with Crippen molar-refractivity contribution in [1.82, 2.24) is 9.97 Å². The molecule has 2 aromatic heterocycles. The van der Waals surface area contributed by atoms with E-state index in [1.54, 1.807) is 18.6 Å². The van der Waals surface area contributed by atoms with Crippen molar-refractivity contribution in [3.05, 3.63) is 47.5 Å². The Balaban J connectivity index is 2.23. The molecule has 17 heavy (non-hydrogen) atoms. The maximum Gasteiger partial charge on any atom is 0.0843 e. The van der Waals surface area contributed by atoms with E-state index in [1.807, 2.05) is 30.3 Å². The lowest BCUT2D eigenvalue weighted by Crippen LogP contribution is -2.18. The molecule has 0 aliphatic carbocycles. The Morgan fingerprint density at radius 2 is 2.12 bits per heavy atom. The molecular weight excluding hydrogens is 236 g/mol. The molecule has 4 nitrogen and oxygen atoms in total. The largest absolute Gasteiger partial charge is 0.396 e. The molecule has 0 unspecified atom stereocenters. The summed E-state index contributed by atoms with van der Waals surface area (Å²) in [6.45, 7) is 0.696. The molecule has 0 bridgehead atoms. The summed E-state index contributed by atoms with van der Waals surface area (Å²) in [5.41, 5.74) is 8.34. The van der Waals surface area contributed by atoms with Gasteiger partial charge in [-0.2, -0.15) is 0 Å². The van der Waals surface area contributed by atoms with Crippen LogP contribution in [-0.4, -0.2) is 17.0 Å². The Hall–Kier alpha value is -1.81. The van der Waals surface area contributed by atoms with Crippen molar-refractivity contribution in [2.75, 3.05) is 17.7 Å². The van der Waals surface area contributed by atoms with Crippen molar-refractivity contribution in [3.63, 3.8) is 0 Å². The van der Waals surface area contributed by atoms with Crippen LogP contribution in [0.1, 0.15) is 5.56 Å².